The molecule has 2 aliphatic carbocycles. The van der Waals surface area contributed by atoms with Crippen LogP contribution in [0.3, 0.4) is 0 Å². The standard InChI is InChI=1S/C17H17FN2O/c1-10-6-16(21)20(15-4-2-14(18)3-5-15)17(19-10)13-8-11-7-12(11)9-13/h2-6,11-13H,7-9H2,1H3/t11-,12+,13+. The summed E-state index contributed by atoms with van der Waals surface area (Å²) >= 11 is 0. The lowest BCUT2D eigenvalue weighted by molar-refractivity contribution is 0.565. The third-order valence-corrected chi connectivity index (χ3v) is 4.77. The second-order valence-corrected chi connectivity index (χ2v) is 6.33. The first-order chi connectivity index (χ1) is 10.1. The Hall–Kier alpha value is -1.97. The Balaban J connectivity index is 1.84. The van der Waals surface area contributed by atoms with Crippen molar-refractivity contribution in [2.24, 2.45) is 11.8 Å². The minimum absolute atomic E-state index is 0.0790. The van der Waals surface area contributed by atoms with Gasteiger partial charge in [-0.3, -0.25) is 9.36 Å². The quantitative estimate of drug-likeness (QED) is 0.849. The van der Waals surface area contributed by atoms with Gasteiger partial charge in [0.1, 0.15) is 11.6 Å². The third kappa shape index (κ3) is 2.19. The van der Waals surface area contributed by atoms with Gasteiger partial charge in [-0.2, -0.15) is 0 Å². The van der Waals surface area contributed by atoms with E-state index < -0.39 is 0 Å². The van der Waals surface area contributed by atoms with Gasteiger partial charge in [0.25, 0.3) is 5.56 Å². The summed E-state index contributed by atoms with van der Waals surface area (Å²) in [5, 5.41) is 0. The van der Waals surface area contributed by atoms with E-state index >= 15 is 0 Å². The topological polar surface area (TPSA) is 34.9 Å². The molecule has 1 heterocycles. The number of nitrogens with zero attached hydrogens (tertiary/aromatic N) is 2. The summed E-state index contributed by atoms with van der Waals surface area (Å²) in [7, 11) is 0. The van der Waals surface area contributed by atoms with Crippen molar-refractivity contribution in [3.8, 4) is 5.69 Å². The van der Waals surface area contributed by atoms with E-state index in [0.29, 0.717) is 11.6 Å². The Morgan fingerprint density at radius 2 is 1.81 bits per heavy atom. The molecular weight excluding hydrogens is 267 g/mol. The number of aromatic nitrogens is 2. The van der Waals surface area contributed by atoms with Crippen molar-refractivity contribution in [1.29, 1.82) is 0 Å². The van der Waals surface area contributed by atoms with Crippen LogP contribution in [-0.4, -0.2) is 9.55 Å². The summed E-state index contributed by atoms with van der Waals surface area (Å²) in [5.74, 6) is 2.56. The molecule has 0 radical (unpaired) electrons. The predicted molar refractivity (Wildman–Crippen MR) is 78.1 cm³/mol. The lowest BCUT2D eigenvalue weighted by atomic mass is 10.0. The van der Waals surface area contributed by atoms with Gasteiger partial charge in [0.2, 0.25) is 0 Å². The van der Waals surface area contributed by atoms with Crippen molar-refractivity contribution in [2.75, 3.05) is 0 Å². The van der Waals surface area contributed by atoms with Crippen LogP contribution in [0.1, 0.15) is 36.7 Å². The largest absolute Gasteiger partial charge is 0.269 e. The van der Waals surface area contributed by atoms with Gasteiger partial charge in [-0.15, -0.1) is 0 Å². The first-order valence-corrected chi connectivity index (χ1v) is 7.48. The molecule has 0 amide bonds. The molecule has 21 heavy (non-hydrogen) atoms. The maximum Gasteiger partial charge on any atom is 0.258 e. The molecular formula is C17H17FN2O. The normalized spacial score (nSPS) is 26.7. The van der Waals surface area contributed by atoms with Crippen LogP contribution in [0, 0.1) is 24.6 Å². The molecule has 2 saturated carbocycles. The van der Waals surface area contributed by atoms with Crippen molar-refractivity contribution in [1.82, 2.24) is 9.55 Å². The van der Waals surface area contributed by atoms with Crippen molar-refractivity contribution >= 4 is 0 Å². The Labute approximate surface area is 122 Å². The number of benzene rings is 1. The fraction of sp³-hybridized carbons (Fsp3) is 0.412. The first kappa shape index (κ1) is 12.7. The summed E-state index contributed by atoms with van der Waals surface area (Å²) in [4.78, 5) is 17.1. The van der Waals surface area contributed by atoms with Crippen molar-refractivity contribution in [2.45, 2.75) is 32.1 Å². The second kappa shape index (κ2) is 4.52. The fourth-order valence-corrected chi connectivity index (χ4v) is 3.67. The molecule has 0 spiro atoms. The lowest BCUT2D eigenvalue weighted by Gasteiger charge is -2.18. The number of hydrogen-bond acceptors (Lipinski definition) is 2. The average Bonchev–Trinajstić information content (AvgIpc) is 3.06. The number of fused-ring (bicyclic) bond motifs is 1. The zero-order chi connectivity index (χ0) is 14.6. The van der Waals surface area contributed by atoms with E-state index in [2.05, 4.69) is 4.98 Å². The average molecular weight is 284 g/mol. The van der Waals surface area contributed by atoms with Crippen molar-refractivity contribution < 1.29 is 4.39 Å². The molecule has 2 fully saturated rings. The third-order valence-electron chi connectivity index (χ3n) is 4.77. The zero-order valence-electron chi connectivity index (χ0n) is 11.9. The van der Waals surface area contributed by atoms with Crippen LogP contribution in [-0.2, 0) is 0 Å². The smallest absolute Gasteiger partial charge is 0.258 e. The fourth-order valence-electron chi connectivity index (χ4n) is 3.67. The summed E-state index contributed by atoms with van der Waals surface area (Å²) in [5.41, 5.74) is 1.38. The molecule has 0 bridgehead atoms. The van der Waals surface area contributed by atoms with Gasteiger partial charge < -0.3 is 0 Å². The molecule has 4 rings (SSSR count). The van der Waals surface area contributed by atoms with Crippen LogP contribution < -0.4 is 5.56 Å². The van der Waals surface area contributed by atoms with Crippen LogP contribution in [0.5, 0.6) is 0 Å². The zero-order valence-corrected chi connectivity index (χ0v) is 11.9. The van der Waals surface area contributed by atoms with E-state index in [-0.39, 0.29) is 11.4 Å². The van der Waals surface area contributed by atoms with Crippen molar-refractivity contribution in [3.63, 3.8) is 0 Å². The van der Waals surface area contributed by atoms with Gasteiger partial charge in [-0.05, 0) is 62.3 Å². The number of halogens is 1. The lowest BCUT2D eigenvalue weighted by Crippen LogP contribution is -2.25. The van der Waals surface area contributed by atoms with Gasteiger partial charge in [0, 0.05) is 17.7 Å². The number of hydrogen-bond donors (Lipinski definition) is 0. The van der Waals surface area contributed by atoms with E-state index in [0.717, 1.165) is 36.2 Å². The molecule has 108 valence electrons. The molecule has 1 aromatic heterocycles. The van der Waals surface area contributed by atoms with E-state index in [1.54, 1.807) is 22.8 Å². The van der Waals surface area contributed by atoms with Gasteiger partial charge in [0.15, 0.2) is 0 Å². The van der Waals surface area contributed by atoms with E-state index in [1.807, 2.05) is 6.92 Å². The Kier molecular flexibility index (Phi) is 2.74. The molecule has 0 aliphatic heterocycles. The summed E-state index contributed by atoms with van der Waals surface area (Å²) < 4.78 is 14.8. The summed E-state index contributed by atoms with van der Waals surface area (Å²) in [6.45, 7) is 1.86. The highest BCUT2D eigenvalue weighted by Crippen LogP contribution is 2.57. The Bertz CT molecular complexity index is 740. The summed E-state index contributed by atoms with van der Waals surface area (Å²) in [6.07, 6.45) is 3.59. The highest BCUT2D eigenvalue weighted by atomic mass is 19.1. The molecule has 0 N–H and O–H groups in total. The van der Waals surface area contributed by atoms with Gasteiger partial charge >= 0.3 is 0 Å². The molecule has 3 atom stereocenters. The molecule has 2 aromatic rings. The monoisotopic (exact) mass is 284 g/mol. The van der Waals surface area contributed by atoms with Crippen LogP contribution >= 0.6 is 0 Å². The van der Waals surface area contributed by atoms with Crippen LogP contribution in [0.4, 0.5) is 4.39 Å². The van der Waals surface area contributed by atoms with E-state index in [4.69, 9.17) is 0 Å². The molecule has 2 aliphatic rings. The Morgan fingerprint density at radius 3 is 2.48 bits per heavy atom. The van der Waals surface area contributed by atoms with Crippen molar-refractivity contribution in [3.05, 3.63) is 58.0 Å². The maximum atomic E-state index is 13.1. The number of rotatable bonds is 2. The molecule has 1 aromatic carbocycles. The van der Waals surface area contributed by atoms with E-state index in [1.165, 1.54) is 18.6 Å². The highest BCUT2D eigenvalue weighted by molar-refractivity contribution is 5.34. The second-order valence-electron chi connectivity index (χ2n) is 6.33. The van der Waals surface area contributed by atoms with Crippen LogP contribution in [0.15, 0.2) is 35.1 Å². The van der Waals surface area contributed by atoms with Gasteiger partial charge in [-0.25, -0.2) is 9.37 Å². The van der Waals surface area contributed by atoms with Crippen LogP contribution in [0.25, 0.3) is 5.69 Å². The number of aryl methyl sites for hydroxylation is 1. The molecule has 4 heteroatoms. The minimum Gasteiger partial charge on any atom is -0.269 e. The highest BCUT2D eigenvalue weighted by Gasteiger charge is 2.47. The van der Waals surface area contributed by atoms with Gasteiger partial charge in [0.05, 0.1) is 5.69 Å². The Morgan fingerprint density at radius 1 is 1.14 bits per heavy atom. The molecule has 3 nitrogen and oxygen atoms in total. The van der Waals surface area contributed by atoms with Gasteiger partial charge in [-0.1, -0.05) is 0 Å². The molecule has 0 unspecified atom stereocenters. The van der Waals surface area contributed by atoms with E-state index in [9.17, 15) is 9.18 Å². The molecule has 0 saturated heterocycles. The van der Waals surface area contributed by atoms with Crippen LogP contribution in [0.2, 0.25) is 0 Å². The SMILES string of the molecule is Cc1cc(=O)n(-c2ccc(F)cc2)c([C@@H]2C[C@@H]3C[C@@H]3C2)n1. The predicted octanol–water partition coefficient (Wildman–Crippen LogP) is 3.19. The summed E-state index contributed by atoms with van der Waals surface area (Å²) in [6, 6.07) is 7.61. The minimum atomic E-state index is -0.296. The maximum absolute atomic E-state index is 13.1. The first-order valence-electron chi connectivity index (χ1n) is 7.48.